The summed E-state index contributed by atoms with van der Waals surface area (Å²) in [5, 5.41) is 3.00. The lowest BCUT2D eigenvalue weighted by Crippen LogP contribution is -2.16. The molecule has 5 heteroatoms. The average molecular weight is 263 g/mol. The van der Waals surface area contributed by atoms with Crippen LogP contribution in [0.2, 0.25) is 0 Å². The number of benzene rings is 1. The highest BCUT2D eigenvalue weighted by Gasteiger charge is 2.04. The van der Waals surface area contributed by atoms with Crippen LogP contribution in [0.3, 0.4) is 0 Å². The molecular formula is C14H21N3O2. The average Bonchev–Trinajstić information content (AvgIpc) is 2.43. The highest BCUT2D eigenvalue weighted by atomic mass is 16.5. The zero-order valence-electron chi connectivity index (χ0n) is 11.5. The lowest BCUT2D eigenvalue weighted by Gasteiger charge is -2.04. The number of unbranched alkanes of at least 4 members (excludes halogenated alkanes) is 2. The van der Waals surface area contributed by atoms with E-state index in [-0.39, 0.29) is 5.84 Å². The number of anilines is 1. The van der Waals surface area contributed by atoms with Crippen molar-refractivity contribution in [2.75, 3.05) is 19.0 Å². The minimum Gasteiger partial charge on any atom is -0.448 e. The van der Waals surface area contributed by atoms with Crippen LogP contribution in [0.15, 0.2) is 29.3 Å². The number of carbonyl (C=O) groups is 1. The molecule has 0 aliphatic heterocycles. The maximum absolute atomic E-state index is 11.4. The van der Waals surface area contributed by atoms with E-state index < -0.39 is 6.09 Å². The maximum Gasteiger partial charge on any atom is 0.435 e. The normalized spacial score (nSPS) is 11.2. The quantitative estimate of drug-likeness (QED) is 0.470. The number of carbonyl (C=O) groups excluding carboxylic acids is 1. The van der Waals surface area contributed by atoms with Gasteiger partial charge in [-0.05, 0) is 30.7 Å². The molecule has 0 unspecified atom stereocenters. The second-order valence-electron chi connectivity index (χ2n) is 4.15. The van der Waals surface area contributed by atoms with Crippen molar-refractivity contribution in [1.29, 1.82) is 0 Å². The monoisotopic (exact) mass is 263 g/mol. The molecule has 104 valence electrons. The molecule has 0 saturated carbocycles. The van der Waals surface area contributed by atoms with Crippen molar-refractivity contribution in [2.24, 2.45) is 10.7 Å². The number of amidine groups is 1. The van der Waals surface area contributed by atoms with Crippen LogP contribution in [-0.2, 0) is 4.74 Å². The van der Waals surface area contributed by atoms with Crippen LogP contribution in [0.1, 0.15) is 31.7 Å². The first kappa shape index (κ1) is 15.0. The first-order chi connectivity index (χ1) is 9.17. The molecular weight excluding hydrogens is 242 g/mol. The van der Waals surface area contributed by atoms with Crippen molar-refractivity contribution in [3.05, 3.63) is 29.8 Å². The van der Waals surface area contributed by atoms with Crippen molar-refractivity contribution in [3.8, 4) is 0 Å². The molecule has 1 amide bonds. The highest BCUT2D eigenvalue weighted by Crippen LogP contribution is 2.08. The third-order valence-electron chi connectivity index (χ3n) is 2.65. The number of nitrogens with one attached hydrogen (secondary N) is 1. The van der Waals surface area contributed by atoms with Gasteiger partial charge in [-0.1, -0.05) is 19.8 Å². The highest BCUT2D eigenvalue weighted by molar-refractivity contribution is 6.02. The van der Waals surface area contributed by atoms with Gasteiger partial charge >= 0.3 is 6.09 Å². The van der Waals surface area contributed by atoms with Crippen LogP contribution in [0, 0.1) is 0 Å². The first-order valence-electron chi connectivity index (χ1n) is 6.46. The second-order valence-corrected chi connectivity index (χ2v) is 4.15. The summed E-state index contributed by atoms with van der Waals surface area (Å²) in [4.78, 5) is 15.1. The zero-order valence-corrected chi connectivity index (χ0v) is 11.5. The van der Waals surface area contributed by atoms with Crippen molar-refractivity contribution >= 4 is 17.6 Å². The van der Waals surface area contributed by atoms with Crippen LogP contribution in [0.25, 0.3) is 0 Å². The van der Waals surface area contributed by atoms with E-state index in [1.165, 1.54) is 0 Å². The molecule has 0 heterocycles. The van der Waals surface area contributed by atoms with Gasteiger partial charge in [-0.25, -0.2) is 4.79 Å². The fourth-order valence-corrected chi connectivity index (χ4v) is 1.51. The maximum atomic E-state index is 11.4. The third-order valence-corrected chi connectivity index (χ3v) is 2.65. The van der Waals surface area contributed by atoms with Gasteiger partial charge in [-0.3, -0.25) is 0 Å². The van der Waals surface area contributed by atoms with E-state index in [0.29, 0.717) is 12.2 Å². The minimum atomic E-state index is -0.633. The molecule has 5 nitrogen and oxygen atoms in total. The van der Waals surface area contributed by atoms with Crippen molar-refractivity contribution in [3.63, 3.8) is 0 Å². The smallest absolute Gasteiger partial charge is 0.435 e. The Labute approximate surface area is 113 Å². The van der Waals surface area contributed by atoms with Gasteiger partial charge in [0.05, 0.1) is 6.61 Å². The summed E-state index contributed by atoms with van der Waals surface area (Å²) in [5.74, 6) is 0.170. The predicted molar refractivity (Wildman–Crippen MR) is 77.6 cm³/mol. The molecule has 0 spiro atoms. The largest absolute Gasteiger partial charge is 0.448 e. The summed E-state index contributed by atoms with van der Waals surface area (Å²) in [6.45, 7) is 2.48. The van der Waals surface area contributed by atoms with Crippen molar-refractivity contribution in [2.45, 2.75) is 26.2 Å². The number of rotatable bonds is 6. The van der Waals surface area contributed by atoms with E-state index in [2.05, 4.69) is 17.2 Å². The topological polar surface area (TPSA) is 76.7 Å². The molecule has 1 aromatic carbocycles. The molecule has 0 aliphatic rings. The summed E-state index contributed by atoms with van der Waals surface area (Å²) in [6, 6.07) is 7.33. The Balaban J connectivity index is 2.52. The fraction of sp³-hybridized carbons (Fsp3) is 0.429. The molecule has 0 radical (unpaired) electrons. The van der Waals surface area contributed by atoms with Crippen LogP contribution in [0.5, 0.6) is 0 Å². The van der Waals surface area contributed by atoms with Gasteiger partial charge in [0.1, 0.15) is 5.84 Å². The molecule has 0 fully saturated rings. The minimum absolute atomic E-state index is 0.170. The fourth-order valence-electron chi connectivity index (χ4n) is 1.51. The van der Waals surface area contributed by atoms with E-state index in [4.69, 9.17) is 10.5 Å². The summed E-state index contributed by atoms with van der Waals surface area (Å²) < 4.78 is 4.96. The van der Waals surface area contributed by atoms with Crippen molar-refractivity contribution < 1.29 is 9.53 Å². The number of nitrogens with two attached hydrogens (primary N) is 1. The van der Waals surface area contributed by atoms with E-state index >= 15 is 0 Å². The summed E-state index contributed by atoms with van der Waals surface area (Å²) in [5.41, 5.74) is 7.42. The van der Waals surface area contributed by atoms with Gasteiger partial charge in [-0.2, -0.15) is 4.99 Å². The van der Waals surface area contributed by atoms with Gasteiger partial charge in [0, 0.05) is 18.3 Å². The molecule has 19 heavy (non-hydrogen) atoms. The number of hydrogen-bond acceptors (Lipinski definition) is 3. The second kappa shape index (κ2) is 8.13. The summed E-state index contributed by atoms with van der Waals surface area (Å²) >= 11 is 0. The Morgan fingerprint density at radius 2 is 2.00 bits per heavy atom. The van der Waals surface area contributed by atoms with Gasteiger partial charge < -0.3 is 15.8 Å². The van der Waals surface area contributed by atoms with Crippen LogP contribution >= 0.6 is 0 Å². The lowest BCUT2D eigenvalue weighted by atomic mass is 10.2. The third kappa shape index (κ3) is 5.42. The first-order valence-corrected chi connectivity index (χ1v) is 6.46. The molecule has 0 saturated heterocycles. The van der Waals surface area contributed by atoms with Gasteiger partial charge in [0.2, 0.25) is 0 Å². The Hall–Kier alpha value is -2.04. The SMILES string of the molecule is CCCCCOC(=O)/N=C(\N)c1ccc(NC)cc1. The van der Waals surface area contributed by atoms with Gasteiger partial charge in [0.25, 0.3) is 0 Å². The van der Waals surface area contributed by atoms with Crippen LogP contribution in [0.4, 0.5) is 10.5 Å². The number of amides is 1. The molecule has 0 atom stereocenters. The molecule has 1 aromatic rings. The number of hydrogen-bond donors (Lipinski definition) is 2. The Kier molecular flexibility index (Phi) is 6.43. The van der Waals surface area contributed by atoms with Crippen molar-refractivity contribution in [1.82, 2.24) is 0 Å². The number of aliphatic imine (C=N–C) groups is 1. The molecule has 0 aliphatic carbocycles. The van der Waals surface area contributed by atoms with E-state index in [0.717, 1.165) is 24.9 Å². The van der Waals surface area contributed by atoms with Gasteiger partial charge in [-0.15, -0.1) is 0 Å². The summed E-state index contributed by atoms with van der Waals surface area (Å²) in [7, 11) is 1.83. The molecule has 1 rings (SSSR count). The molecule has 3 N–H and O–H groups in total. The predicted octanol–water partition coefficient (Wildman–Crippen LogP) is 2.76. The van der Waals surface area contributed by atoms with E-state index in [1.807, 2.05) is 19.2 Å². The van der Waals surface area contributed by atoms with E-state index in [9.17, 15) is 4.79 Å². The molecule has 0 bridgehead atoms. The lowest BCUT2D eigenvalue weighted by molar-refractivity contribution is 0.155. The Morgan fingerprint density at radius 1 is 1.32 bits per heavy atom. The number of nitrogens with zero attached hydrogens (tertiary/aromatic N) is 1. The summed E-state index contributed by atoms with van der Waals surface area (Å²) in [6.07, 6.45) is 2.35. The van der Waals surface area contributed by atoms with E-state index in [1.54, 1.807) is 12.1 Å². The molecule has 0 aromatic heterocycles. The number of ether oxygens (including phenoxy) is 1. The Bertz CT molecular complexity index is 427. The zero-order chi connectivity index (χ0) is 14.1. The van der Waals surface area contributed by atoms with Gasteiger partial charge in [0.15, 0.2) is 0 Å². The Morgan fingerprint density at radius 3 is 2.58 bits per heavy atom. The standard InChI is InChI=1S/C14H21N3O2/c1-3-4-5-10-19-14(18)17-13(15)11-6-8-12(16-2)9-7-11/h6-9,16H,3-5,10H2,1-2H3,(H2,15,17,18). The van der Waals surface area contributed by atoms with Crippen LogP contribution in [-0.4, -0.2) is 25.6 Å². The van der Waals surface area contributed by atoms with Crippen LogP contribution < -0.4 is 11.1 Å².